The molecule has 0 aliphatic carbocycles. The lowest BCUT2D eigenvalue weighted by Gasteiger charge is -2.24. The fraction of sp³-hybridized carbons (Fsp3) is 0.625. The zero-order valence-corrected chi connectivity index (χ0v) is 13.4. The highest BCUT2D eigenvalue weighted by molar-refractivity contribution is 5.57. The summed E-state index contributed by atoms with van der Waals surface area (Å²) < 4.78 is 17.0. The van der Waals surface area contributed by atoms with Crippen molar-refractivity contribution in [3.8, 4) is 11.5 Å². The van der Waals surface area contributed by atoms with Gasteiger partial charge < -0.3 is 14.2 Å². The lowest BCUT2D eigenvalue weighted by atomic mass is 9.97. The first kappa shape index (κ1) is 15.8. The maximum atomic E-state index is 5.90. The number of methoxy groups -OCH3 is 2. The molecule has 0 N–H and O–H groups in total. The predicted octanol–water partition coefficient (Wildman–Crippen LogP) is 3.94. The van der Waals surface area contributed by atoms with Gasteiger partial charge in [-0.25, -0.2) is 0 Å². The number of rotatable bonds is 4. The first-order valence-corrected chi connectivity index (χ1v) is 6.57. The fourth-order valence-corrected chi connectivity index (χ4v) is 2.20. The molecule has 1 rings (SSSR count). The summed E-state index contributed by atoms with van der Waals surface area (Å²) in [7, 11) is 3.41. The van der Waals surface area contributed by atoms with E-state index in [0.29, 0.717) is 6.61 Å². The Bertz CT molecular complexity index is 456. The van der Waals surface area contributed by atoms with E-state index in [0.717, 1.165) is 33.8 Å². The molecule has 0 saturated heterocycles. The molecule has 0 amide bonds. The fourth-order valence-electron chi connectivity index (χ4n) is 2.20. The zero-order chi connectivity index (χ0) is 14.8. The van der Waals surface area contributed by atoms with Crippen molar-refractivity contribution in [3.63, 3.8) is 0 Å². The minimum absolute atomic E-state index is 0.177. The molecule has 0 bridgehead atoms. The van der Waals surface area contributed by atoms with Gasteiger partial charge in [0.15, 0.2) is 0 Å². The minimum Gasteiger partial charge on any atom is -0.496 e. The Morgan fingerprint density at radius 1 is 0.789 bits per heavy atom. The van der Waals surface area contributed by atoms with Crippen molar-refractivity contribution < 1.29 is 14.2 Å². The maximum absolute atomic E-state index is 5.90. The summed E-state index contributed by atoms with van der Waals surface area (Å²) in [4.78, 5) is 0. The first-order chi connectivity index (χ1) is 8.72. The summed E-state index contributed by atoms with van der Waals surface area (Å²) in [6.07, 6.45) is 0. The van der Waals surface area contributed by atoms with Crippen molar-refractivity contribution in [2.75, 3.05) is 14.2 Å². The molecule has 1 aromatic carbocycles. The van der Waals surface area contributed by atoms with Crippen molar-refractivity contribution in [3.05, 3.63) is 22.3 Å². The summed E-state index contributed by atoms with van der Waals surface area (Å²) in [5.74, 6) is 1.82. The van der Waals surface area contributed by atoms with Gasteiger partial charge in [0.25, 0.3) is 0 Å². The van der Waals surface area contributed by atoms with Crippen molar-refractivity contribution in [2.24, 2.45) is 0 Å². The van der Waals surface area contributed by atoms with E-state index in [1.165, 1.54) is 0 Å². The molecule has 0 spiro atoms. The van der Waals surface area contributed by atoms with Crippen molar-refractivity contribution in [1.29, 1.82) is 0 Å². The van der Waals surface area contributed by atoms with Gasteiger partial charge in [0.2, 0.25) is 0 Å². The van der Waals surface area contributed by atoms with Crippen molar-refractivity contribution in [1.82, 2.24) is 0 Å². The van der Waals surface area contributed by atoms with Crippen molar-refractivity contribution >= 4 is 0 Å². The normalized spacial score (nSPS) is 11.6. The van der Waals surface area contributed by atoms with Gasteiger partial charge in [0.1, 0.15) is 11.5 Å². The summed E-state index contributed by atoms with van der Waals surface area (Å²) in [5, 5.41) is 0. The number of hydrogen-bond acceptors (Lipinski definition) is 3. The Kier molecular flexibility index (Phi) is 4.86. The average Bonchev–Trinajstić information content (AvgIpc) is 2.31. The molecule has 3 nitrogen and oxygen atoms in total. The largest absolute Gasteiger partial charge is 0.496 e. The summed E-state index contributed by atoms with van der Waals surface area (Å²) >= 11 is 0. The van der Waals surface area contributed by atoms with Crippen molar-refractivity contribution in [2.45, 2.75) is 53.8 Å². The highest BCUT2D eigenvalue weighted by Gasteiger charge is 2.20. The van der Waals surface area contributed by atoms with Crippen LogP contribution >= 0.6 is 0 Å². The third-order valence-electron chi connectivity index (χ3n) is 3.37. The van der Waals surface area contributed by atoms with Crippen LogP contribution in [-0.2, 0) is 11.3 Å². The van der Waals surface area contributed by atoms with Gasteiger partial charge in [-0.2, -0.15) is 0 Å². The van der Waals surface area contributed by atoms with E-state index in [9.17, 15) is 0 Å². The lowest BCUT2D eigenvalue weighted by Crippen LogP contribution is -2.19. The summed E-state index contributed by atoms with van der Waals surface area (Å²) in [6.45, 7) is 12.8. The van der Waals surface area contributed by atoms with Gasteiger partial charge >= 0.3 is 0 Å². The van der Waals surface area contributed by atoms with Crippen LogP contribution < -0.4 is 9.47 Å². The van der Waals surface area contributed by atoms with Crippen LogP contribution in [0.2, 0.25) is 0 Å². The van der Waals surface area contributed by atoms with E-state index in [1.54, 1.807) is 14.2 Å². The highest BCUT2D eigenvalue weighted by atomic mass is 16.5. The van der Waals surface area contributed by atoms with Gasteiger partial charge in [-0.05, 0) is 52.7 Å². The third kappa shape index (κ3) is 3.41. The Balaban J connectivity index is 3.32. The van der Waals surface area contributed by atoms with Gasteiger partial charge in [0, 0.05) is 11.1 Å². The van der Waals surface area contributed by atoms with Crippen LogP contribution in [0.4, 0.5) is 0 Å². The second kappa shape index (κ2) is 5.83. The van der Waals surface area contributed by atoms with Crippen LogP contribution in [0.5, 0.6) is 11.5 Å². The molecule has 0 fully saturated rings. The monoisotopic (exact) mass is 266 g/mol. The Morgan fingerprint density at radius 2 is 1.26 bits per heavy atom. The summed E-state index contributed by atoms with van der Waals surface area (Å²) in [5.41, 5.74) is 4.21. The van der Waals surface area contributed by atoms with Gasteiger partial charge in [-0.15, -0.1) is 0 Å². The lowest BCUT2D eigenvalue weighted by molar-refractivity contribution is -0.0159. The molecule has 108 valence electrons. The molecule has 19 heavy (non-hydrogen) atoms. The standard InChI is InChI=1S/C16H26O3/c1-10-11(2)15(18-8)13(9-19-16(4,5)6)12(3)14(10)17-7/h9H2,1-8H3. The molecule has 0 radical (unpaired) electrons. The molecule has 0 aromatic heterocycles. The Morgan fingerprint density at radius 3 is 1.68 bits per heavy atom. The number of hydrogen-bond donors (Lipinski definition) is 0. The van der Waals surface area contributed by atoms with E-state index in [4.69, 9.17) is 14.2 Å². The van der Waals surface area contributed by atoms with Gasteiger partial charge in [-0.1, -0.05) is 0 Å². The molecule has 0 aliphatic heterocycles. The van der Waals surface area contributed by atoms with E-state index in [-0.39, 0.29) is 5.60 Å². The van der Waals surface area contributed by atoms with E-state index < -0.39 is 0 Å². The number of ether oxygens (including phenoxy) is 3. The van der Waals surface area contributed by atoms with E-state index in [1.807, 2.05) is 20.8 Å². The van der Waals surface area contributed by atoms with E-state index >= 15 is 0 Å². The Labute approximate surface area is 116 Å². The minimum atomic E-state index is -0.177. The smallest absolute Gasteiger partial charge is 0.128 e. The molecule has 0 aliphatic rings. The predicted molar refractivity (Wildman–Crippen MR) is 78.3 cm³/mol. The van der Waals surface area contributed by atoms with Gasteiger partial charge in [0.05, 0.1) is 26.4 Å². The van der Waals surface area contributed by atoms with Crippen LogP contribution in [-0.4, -0.2) is 19.8 Å². The zero-order valence-electron chi connectivity index (χ0n) is 13.4. The molecule has 0 atom stereocenters. The van der Waals surface area contributed by atoms with Crippen LogP contribution in [0.15, 0.2) is 0 Å². The van der Waals surface area contributed by atoms with E-state index in [2.05, 4.69) is 20.8 Å². The molecular formula is C16H26O3. The second-order valence-corrected chi connectivity index (χ2v) is 5.82. The Hall–Kier alpha value is -1.22. The molecule has 0 saturated carbocycles. The maximum Gasteiger partial charge on any atom is 0.128 e. The molecule has 0 heterocycles. The van der Waals surface area contributed by atoms with Crippen LogP contribution in [0, 0.1) is 20.8 Å². The molecule has 1 aromatic rings. The average molecular weight is 266 g/mol. The second-order valence-electron chi connectivity index (χ2n) is 5.82. The first-order valence-electron chi connectivity index (χ1n) is 6.57. The molecule has 3 heteroatoms. The SMILES string of the molecule is COc1c(C)c(C)c(OC)c(COC(C)(C)C)c1C. The highest BCUT2D eigenvalue weighted by Crippen LogP contribution is 2.38. The van der Waals surface area contributed by atoms with Crippen LogP contribution in [0.25, 0.3) is 0 Å². The quantitative estimate of drug-likeness (QED) is 0.826. The van der Waals surface area contributed by atoms with Crippen LogP contribution in [0.1, 0.15) is 43.0 Å². The topological polar surface area (TPSA) is 27.7 Å². The molecular weight excluding hydrogens is 240 g/mol. The van der Waals surface area contributed by atoms with Gasteiger partial charge in [-0.3, -0.25) is 0 Å². The number of benzene rings is 1. The molecule has 0 unspecified atom stereocenters. The third-order valence-corrected chi connectivity index (χ3v) is 3.37. The van der Waals surface area contributed by atoms with Crippen LogP contribution in [0.3, 0.4) is 0 Å². The summed E-state index contributed by atoms with van der Waals surface area (Å²) in [6, 6.07) is 0.